The van der Waals surface area contributed by atoms with Crippen molar-refractivity contribution >= 4 is 16.9 Å². The fraction of sp³-hybridized carbons (Fsp3) is 0.375. The number of benzene rings is 3. The van der Waals surface area contributed by atoms with Crippen LogP contribution in [0.15, 0.2) is 72.8 Å². The average Bonchev–Trinajstić information content (AvgIpc) is 3.26. The van der Waals surface area contributed by atoms with E-state index in [-0.39, 0.29) is 11.9 Å². The minimum Gasteiger partial charge on any atom is -0.493 e. The number of para-hydroxylation sites is 2. The van der Waals surface area contributed by atoms with Crippen LogP contribution in [0.1, 0.15) is 74.5 Å². The second-order valence-electron chi connectivity index (χ2n) is 10.1. The maximum Gasteiger partial charge on any atom is 0.220 e. The van der Waals surface area contributed by atoms with Gasteiger partial charge in [-0.1, -0.05) is 68.4 Å². The van der Waals surface area contributed by atoms with Crippen molar-refractivity contribution in [2.45, 2.75) is 71.9 Å². The van der Waals surface area contributed by atoms with Gasteiger partial charge in [0.15, 0.2) is 0 Å². The molecule has 0 bridgehead atoms. The van der Waals surface area contributed by atoms with E-state index in [1.165, 1.54) is 16.7 Å². The number of imidazole rings is 1. The summed E-state index contributed by atoms with van der Waals surface area (Å²) in [4.78, 5) is 17.6. The number of carbonyl (C=O) groups is 1. The molecule has 194 valence electrons. The van der Waals surface area contributed by atoms with Gasteiger partial charge in [0, 0.05) is 13.0 Å². The minimum absolute atomic E-state index is 0.0440. The van der Waals surface area contributed by atoms with Crippen molar-refractivity contribution in [2.24, 2.45) is 0 Å². The van der Waals surface area contributed by atoms with Gasteiger partial charge >= 0.3 is 0 Å². The van der Waals surface area contributed by atoms with Gasteiger partial charge in [-0.15, -0.1) is 0 Å². The first-order valence-corrected chi connectivity index (χ1v) is 13.4. The Morgan fingerprint density at radius 1 is 0.973 bits per heavy atom. The highest BCUT2D eigenvalue weighted by Gasteiger charge is 2.18. The molecule has 3 aromatic carbocycles. The molecule has 0 radical (unpaired) electrons. The van der Waals surface area contributed by atoms with Crippen LogP contribution in [0.5, 0.6) is 5.75 Å². The van der Waals surface area contributed by atoms with E-state index in [0.29, 0.717) is 18.9 Å². The van der Waals surface area contributed by atoms with Crippen molar-refractivity contribution in [3.8, 4) is 5.75 Å². The lowest BCUT2D eigenvalue weighted by atomic mass is 10.0. The number of rotatable bonds is 12. The van der Waals surface area contributed by atoms with Crippen LogP contribution in [0.25, 0.3) is 11.0 Å². The van der Waals surface area contributed by atoms with Crippen LogP contribution in [0.2, 0.25) is 0 Å². The zero-order chi connectivity index (χ0) is 26.2. The van der Waals surface area contributed by atoms with Crippen LogP contribution in [-0.2, 0) is 17.8 Å². The molecule has 1 amide bonds. The molecule has 5 heteroatoms. The van der Waals surface area contributed by atoms with Crippen molar-refractivity contribution in [2.75, 3.05) is 6.61 Å². The molecule has 0 aliphatic heterocycles. The fourth-order valence-corrected chi connectivity index (χ4v) is 4.74. The Morgan fingerprint density at radius 3 is 2.51 bits per heavy atom. The van der Waals surface area contributed by atoms with Gasteiger partial charge in [-0.2, -0.15) is 0 Å². The quantitative estimate of drug-likeness (QED) is 0.212. The van der Waals surface area contributed by atoms with Crippen LogP contribution in [0.3, 0.4) is 0 Å². The largest absolute Gasteiger partial charge is 0.493 e. The Bertz CT molecular complexity index is 1310. The third kappa shape index (κ3) is 7.00. The number of hydrogen-bond acceptors (Lipinski definition) is 3. The van der Waals surface area contributed by atoms with E-state index < -0.39 is 0 Å². The second kappa shape index (κ2) is 12.6. The molecule has 0 aliphatic carbocycles. The van der Waals surface area contributed by atoms with Crippen molar-refractivity contribution in [1.82, 2.24) is 14.9 Å². The summed E-state index contributed by atoms with van der Waals surface area (Å²) in [5.41, 5.74) is 5.70. The van der Waals surface area contributed by atoms with Crippen molar-refractivity contribution in [1.29, 1.82) is 0 Å². The molecule has 37 heavy (non-hydrogen) atoms. The lowest BCUT2D eigenvalue weighted by molar-refractivity contribution is -0.121. The van der Waals surface area contributed by atoms with Gasteiger partial charge in [0.05, 0.1) is 23.7 Å². The van der Waals surface area contributed by atoms with Crippen molar-refractivity contribution < 1.29 is 9.53 Å². The predicted octanol–water partition coefficient (Wildman–Crippen LogP) is 7.14. The third-order valence-corrected chi connectivity index (χ3v) is 6.76. The highest BCUT2D eigenvalue weighted by Crippen LogP contribution is 2.28. The van der Waals surface area contributed by atoms with Gasteiger partial charge < -0.3 is 14.6 Å². The van der Waals surface area contributed by atoms with E-state index in [4.69, 9.17) is 9.72 Å². The summed E-state index contributed by atoms with van der Waals surface area (Å²) in [6.07, 6.45) is 3.10. The summed E-state index contributed by atoms with van der Waals surface area (Å²) in [5, 5.41) is 3.17. The molecule has 5 nitrogen and oxygen atoms in total. The number of nitrogens with zero attached hydrogens (tertiary/aromatic N) is 2. The van der Waals surface area contributed by atoms with E-state index in [0.717, 1.165) is 48.4 Å². The Kier molecular flexibility index (Phi) is 8.99. The first-order valence-electron chi connectivity index (χ1n) is 13.4. The van der Waals surface area contributed by atoms with Crippen LogP contribution in [0.4, 0.5) is 0 Å². The summed E-state index contributed by atoms with van der Waals surface area (Å²) in [6, 6.07) is 24.6. The molecular weight excluding hydrogens is 458 g/mol. The van der Waals surface area contributed by atoms with E-state index in [1.54, 1.807) is 0 Å². The molecule has 1 N–H and O–H groups in total. The molecule has 1 unspecified atom stereocenters. The molecule has 1 aromatic heterocycles. The number of unbranched alkanes of at least 4 members (excludes halogenated alkanes) is 1. The van der Waals surface area contributed by atoms with Crippen LogP contribution in [0, 0.1) is 6.92 Å². The summed E-state index contributed by atoms with van der Waals surface area (Å²) in [5.74, 6) is 2.37. The molecule has 0 fully saturated rings. The molecule has 0 aliphatic rings. The first kappa shape index (κ1) is 26.5. The standard InChI is InChI=1S/C32H39N3O2/c1-23(2)27-18-16-24(3)22-30(27)37-21-11-10-20-35-29-15-9-8-14-28(29)34-32(35)25(4)33-31(36)19-17-26-12-6-5-7-13-26/h5-9,12-16,18,22-23,25H,10-11,17,19-21H2,1-4H3,(H,33,36). The monoisotopic (exact) mass is 497 g/mol. The van der Waals surface area contributed by atoms with E-state index >= 15 is 0 Å². The number of aryl methyl sites for hydroxylation is 3. The number of carbonyl (C=O) groups excluding carboxylic acids is 1. The topological polar surface area (TPSA) is 56.1 Å². The highest BCUT2D eigenvalue weighted by molar-refractivity contribution is 5.78. The van der Waals surface area contributed by atoms with Gasteiger partial charge in [0.25, 0.3) is 0 Å². The Hall–Kier alpha value is -3.60. The molecule has 4 aromatic rings. The normalized spacial score (nSPS) is 12.1. The predicted molar refractivity (Wildman–Crippen MR) is 151 cm³/mol. The third-order valence-electron chi connectivity index (χ3n) is 6.76. The maximum absolute atomic E-state index is 12.7. The fourth-order valence-electron chi connectivity index (χ4n) is 4.74. The average molecular weight is 498 g/mol. The number of ether oxygens (including phenoxy) is 1. The Balaban J connectivity index is 1.36. The van der Waals surface area contributed by atoms with Crippen molar-refractivity contribution in [3.05, 3.63) is 95.3 Å². The molecule has 4 rings (SSSR count). The zero-order valence-corrected chi connectivity index (χ0v) is 22.5. The summed E-state index contributed by atoms with van der Waals surface area (Å²) >= 11 is 0. The minimum atomic E-state index is -0.173. The molecular formula is C32H39N3O2. The molecule has 0 saturated heterocycles. The number of aromatic nitrogens is 2. The molecule has 1 heterocycles. The van der Waals surface area contributed by atoms with E-state index in [9.17, 15) is 4.79 Å². The summed E-state index contributed by atoms with van der Waals surface area (Å²) in [6.45, 7) is 10.0. The SMILES string of the molecule is Cc1ccc(C(C)C)c(OCCCCn2c(C(C)NC(=O)CCc3ccccc3)nc3ccccc32)c1. The molecule has 0 saturated carbocycles. The molecule has 0 spiro atoms. The van der Waals surface area contributed by atoms with Crippen LogP contribution >= 0.6 is 0 Å². The van der Waals surface area contributed by atoms with Gasteiger partial charge in [-0.05, 0) is 73.9 Å². The first-order chi connectivity index (χ1) is 17.9. The zero-order valence-electron chi connectivity index (χ0n) is 22.5. The smallest absolute Gasteiger partial charge is 0.220 e. The van der Waals surface area contributed by atoms with E-state index in [2.05, 4.69) is 67.1 Å². The van der Waals surface area contributed by atoms with Gasteiger partial charge in [0.2, 0.25) is 5.91 Å². The number of hydrogen-bond donors (Lipinski definition) is 1. The number of fused-ring (bicyclic) bond motifs is 1. The Labute approximate surface area is 220 Å². The maximum atomic E-state index is 12.7. The lowest BCUT2D eigenvalue weighted by Crippen LogP contribution is -2.29. The highest BCUT2D eigenvalue weighted by atomic mass is 16.5. The lowest BCUT2D eigenvalue weighted by Gasteiger charge is -2.17. The number of amides is 1. The van der Waals surface area contributed by atoms with E-state index in [1.807, 2.05) is 43.3 Å². The van der Waals surface area contributed by atoms with Crippen LogP contribution < -0.4 is 10.1 Å². The summed E-state index contributed by atoms with van der Waals surface area (Å²) < 4.78 is 8.45. The number of nitrogens with one attached hydrogen (secondary N) is 1. The molecule has 1 atom stereocenters. The van der Waals surface area contributed by atoms with Gasteiger partial charge in [0.1, 0.15) is 11.6 Å². The van der Waals surface area contributed by atoms with Crippen LogP contribution in [-0.4, -0.2) is 22.1 Å². The van der Waals surface area contributed by atoms with Crippen molar-refractivity contribution in [3.63, 3.8) is 0 Å². The Morgan fingerprint density at radius 2 is 1.73 bits per heavy atom. The van der Waals surface area contributed by atoms with Gasteiger partial charge in [-0.25, -0.2) is 4.98 Å². The van der Waals surface area contributed by atoms with Gasteiger partial charge in [-0.3, -0.25) is 4.79 Å². The second-order valence-corrected chi connectivity index (χ2v) is 10.1. The summed E-state index contributed by atoms with van der Waals surface area (Å²) in [7, 11) is 0.